The molecule has 1 heterocycles. The molecule has 5 nitrogen and oxygen atoms in total. The molecule has 0 radical (unpaired) electrons. The summed E-state index contributed by atoms with van der Waals surface area (Å²) in [5.41, 5.74) is 4.07. The van der Waals surface area contributed by atoms with E-state index in [4.69, 9.17) is 4.42 Å². The van der Waals surface area contributed by atoms with E-state index in [2.05, 4.69) is 23.5 Å². The van der Waals surface area contributed by atoms with Crippen LogP contribution in [-0.2, 0) is 17.6 Å². The summed E-state index contributed by atoms with van der Waals surface area (Å²) in [6.07, 6.45) is 4.05. The molecule has 0 aliphatic heterocycles. The molecule has 1 N–H and O–H groups in total. The molecule has 2 aromatic carbocycles. The van der Waals surface area contributed by atoms with Crippen LogP contribution in [-0.4, -0.2) is 18.9 Å². The lowest BCUT2D eigenvalue weighted by atomic mass is 9.83. The zero-order valence-electron chi connectivity index (χ0n) is 15.7. The minimum absolute atomic E-state index is 0.0159. The molecule has 5 heteroatoms. The lowest BCUT2D eigenvalue weighted by Crippen LogP contribution is -2.28. The molecule has 0 spiro atoms. The first-order chi connectivity index (χ1) is 13.6. The zero-order chi connectivity index (χ0) is 19.5. The van der Waals surface area contributed by atoms with Crippen molar-refractivity contribution >= 4 is 23.2 Å². The number of anilines is 2. The third kappa shape index (κ3) is 3.69. The summed E-state index contributed by atoms with van der Waals surface area (Å²) >= 11 is 0. The smallest absolute Gasteiger partial charge is 0.293 e. The highest BCUT2D eigenvalue weighted by Crippen LogP contribution is 2.27. The van der Waals surface area contributed by atoms with E-state index in [0.29, 0.717) is 0 Å². The number of nitrogens with zero attached hydrogens (tertiary/aromatic N) is 1. The van der Waals surface area contributed by atoms with Crippen LogP contribution < -0.4 is 10.2 Å². The van der Waals surface area contributed by atoms with E-state index in [1.54, 1.807) is 19.2 Å². The fraction of sp³-hybridized carbons (Fsp3) is 0.217. The Bertz CT molecular complexity index is 977. The molecule has 1 aliphatic carbocycles. The third-order valence-corrected chi connectivity index (χ3v) is 5.28. The van der Waals surface area contributed by atoms with E-state index in [1.165, 1.54) is 22.3 Å². The van der Waals surface area contributed by atoms with Crippen molar-refractivity contribution in [1.29, 1.82) is 0 Å². The Labute approximate surface area is 164 Å². The summed E-state index contributed by atoms with van der Waals surface area (Å²) in [6, 6.07) is 18.9. The summed E-state index contributed by atoms with van der Waals surface area (Å²) in [7, 11) is 1.69. The first kappa shape index (κ1) is 18.0. The summed E-state index contributed by atoms with van der Waals surface area (Å²) in [4.78, 5) is 26.5. The van der Waals surface area contributed by atoms with Gasteiger partial charge in [0.2, 0.25) is 5.91 Å². The molecule has 0 fully saturated rings. The van der Waals surface area contributed by atoms with Gasteiger partial charge < -0.3 is 14.6 Å². The quantitative estimate of drug-likeness (QED) is 0.741. The van der Waals surface area contributed by atoms with Gasteiger partial charge in [0.05, 0.1) is 6.26 Å². The second-order valence-corrected chi connectivity index (χ2v) is 7.09. The lowest BCUT2D eigenvalue weighted by molar-refractivity contribution is -0.120. The largest absolute Gasteiger partial charge is 0.459 e. The van der Waals surface area contributed by atoms with Gasteiger partial charge in [0.15, 0.2) is 5.76 Å². The predicted octanol–water partition coefficient (Wildman–Crippen LogP) is 4.30. The van der Waals surface area contributed by atoms with Crippen molar-refractivity contribution in [2.24, 2.45) is 5.92 Å². The Morgan fingerprint density at radius 1 is 1.00 bits per heavy atom. The van der Waals surface area contributed by atoms with Gasteiger partial charge in [0.25, 0.3) is 5.91 Å². The van der Waals surface area contributed by atoms with Gasteiger partial charge in [-0.05, 0) is 66.8 Å². The fourth-order valence-corrected chi connectivity index (χ4v) is 3.62. The van der Waals surface area contributed by atoms with Gasteiger partial charge in [0, 0.05) is 24.3 Å². The maximum Gasteiger partial charge on any atom is 0.293 e. The molecule has 3 aromatic rings. The number of carbonyl (C=O) groups excluding carboxylic acids is 2. The molecule has 1 aromatic heterocycles. The average molecular weight is 374 g/mol. The average Bonchev–Trinajstić information content (AvgIpc) is 3.28. The van der Waals surface area contributed by atoms with Gasteiger partial charge in [-0.25, -0.2) is 0 Å². The first-order valence-corrected chi connectivity index (χ1v) is 9.41. The second-order valence-electron chi connectivity index (χ2n) is 7.09. The van der Waals surface area contributed by atoms with Crippen LogP contribution >= 0.6 is 0 Å². The normalized spacial score (nSPS) is 15.5. The minimum Gasteiger partial charge on any atom is -0.459 e. The molecule has 0 unspecified atom stereocenters. The molecular formula is C23H22N2O3. The van der Waals surface area contributed by atoms with E-state index in [0.717, 1.165) is 30.6 Å². The summed E-state index contributed by atoms with van der Waals surface area (Å²) in [5.74, 6) is 0.0974. The third-order valence-electron chi connectivity index (χ3n) is 5.28. The molecule has 1 atom stereocenters. The Morgan fingerprint density at radius 3 is 2.46 bits per heavy atom. The van der Waals surface area contributed by atoms with Crippen LogP contribution in [0.2, 0.25) is 0 Å². The zero-order valence-corrected chi connectivity index (χ0v) is 15.7. The number of rotatable bonds is 4. The summed E-state index contributed by atoms with van der Waals surface area (Å²) < 4.78 is 5.16. The van der Waals surface area contributed by atoms with Crippen molar-refractivity contribution in [2.45, 2.75) is 19.3 Å². The molecule has 4 rings (SSSR count). The number of aryl methyl sites for hydroxylation is 1. The van der Waals surface area contributed by atoms with Crippen LogP contribution in [0.15, 0.2) is 71.3 Å². The Morgan fingerprint density at radius 2 is 1.75 bits per heavy atom. The van der Waals surface area contributed by atoms with Crippen molar-refractivity contribution in [1.82, 2.24) is 0 Å². The van der Waals surface area contributed by atoms with Crippen molar-refractivity contribution in [3.8, 4) is 0 Å². The number of benzene rings is 2. The van der Waals surface area contributed by atoms with Crippen LogP contribution in [0, 0.1) is 5.92 Å². The van der Waals surface area contributed by atoms with Gasteiger partial charge >= 0.3 is 0 Å². The van der Waals surface area contributed by atoms with Gasteiger partial charge in [0.1, 0.15) is 0 Å². The van der Waals surface area contributed by atoms with Crippen LogP contribution in [0.4, 0.5) is 11.4 Å². The van der Waals surface area contributed by atoms with Crippen molar-refractivity contribution < 1.29 is 14.0 Å². The number of hydrogen-bond donors (Lipinski definition) is 1. The predicted molar refractivity (Wildman–Crippen MR) is 108 cm³/mol. The van der Waals surface area contributed by atoms with Crippen LogP contribution in [0.1, 0.15) is 28.1 Å². The van der Waals surface area contributed by atoms with Crippen molar-refractivity contribution in [3.05, 3.63) is 83.8 Å². The number of fused-ring (bicyclic) bond motifs is 1. The molecular weight excluding hydrogens is 352 g/mol. The monoisotopic (exact) mass is 374 g/mol. The summed E-state index contributed by atoms with van der Waals surface area (Å²) in [6.45, 7) is 0. The minimum atomic E-state index is -0.220. The van der Waals surface area contributed by atoms with Crippen LogP contribution in [0.25, 0.3) is 0 Å². The highest BCUT2D eigenvalue weighted by molar-refractivity contribution is 6.04. The van der Waals surface area contributed by atoms with E-state index in [-0.39, 0.29) is 23.5 Å². The SMILES string of the molecule is CN(C(=O)c1ccco1)c1ccc(NC(=O)[C@@H]2CCc3ccccc3C2)cc1. The lowest BCUT2D eigenvalue weighted by Gasteiger charge is -2.24. The molecule has 0 saturated carbocycles. The van der Waals surface area contributed by atoms with Gasteiger partial charge in [-0.2, -0.15) is 0 Å². The highest BCUT2D eigenvalue weighted by Gasteiger charge is 2.24. The maximum absolute atomic E-state index is 12.7. The molecule has 0 saturated heterocycles. The number of hydrogen-bond acceptors (Lipinski definition) is 3. The van der Waals surface area contributed by atoms with Crippen molar-refractivity contribution in [3.63, 3.8) is 0 Å². The number of furan rings is 1. The van der Waals surface area contributed by atoms with E-state index < -0.39 is 0 Å². The number of carbonyl (C=O) groups is 2. The van der Waals surface area contributed by atoms with Gasteiger partial charge in [-0.15, -0.1) is 0 Å². The molecule has 0 bridgehead atoms. The topological polar surface area (TPSA) is 62.6 Å². The van der Waals surface area contributed by atoms with Crippen LogP contribution in [0.5, 0.6) is 0 Å². The molecule has 28 heavy (non-hydrogen) atoms. The Kier molecular flexibility index (Phi) is 4.98. The van der Waals surface area contributed by atoms with E-state index in [1.807, 2.05) is 30.3 Å². The van der Waals surface area contributed by atoms with E-state index in [9.17, 15) is 9.59 Å². The Hall–Kier alpha value is -3.34. The first-order valence-electron chi connectivity index (χ1n) is 9.41. The standard InChI is InChI=1S/C23H22N2O3/c1-25(23(27)21-7-4-14-28-21)20-12-10-19(11-13-20)24-22(26)18-9-8-16-5-2-3-6-17(16)15-18/h2-7,10-14,18H,8-9,15H2,1H3,(H,24,26)/t18-/m1/s1. The second kappa shape index (κ2) is 7.72. The van der Waals surface area contributed by atoms with E-state index >= 15 is 0 Å². The Balaban J connectivity index is 1.39. The summed E-state index contributed by atoms with van der Waals surface area (Å²) in [5, 5.41) is 3.00. The number of nitrogens with one attached hydrogen (secondary N) is 1. The van der Waals surface area contributed by atoms with Gasteiger partial charge in [-0.1, -0.05) is 24.3 Å². The highest BCUT2D eigenvalue weighted by atomic mass is 16.3. The number of amides is 2. The van der Waals surface area contributed by atoms with Crippen molar-refractivity contribution in [2.75, 3.05) is 17.3 Å². The molecule has 1 aliphatic rings. The van der Waals surface area contributed by atoms with Gasteiger partial charge in [-0.3, -0.25) is 9.59 Å². The molecule has 142 valence electrons. The maximum atomic E-state index is 12.7. The molecule has 2 amide bonds. The fourth-order valence-electron chi connectivity index (χ4n) is 3.62. The van der Waals surface area contributed by atoms with Crippen LogP contribution in [0.3, 0.4) is 0 Å².